The number of hydrogen-bond acceptors (Lipinski definition) is 2. The maximum atomic E-state index is 5.39. The number of methoxy groups -OCH3 is 1. The minimum atomic E-state index is 0.517. The van der Waals surface area contributed by atoms with E-state index >= 15 is 0 Å². The lowest BCUT2D eigenvalue weighted by molar-refractivity contribution is 0.103. The zero-order valence-electron chi connectivity index (χ0n) is 10.3. The zero-order chi connectivity index (χ0) is 10.8. The van der Waals surface area contributed by atoms with Gasteiger partial charge in [0.2, 0.25) is 0 Å². The van der Waals surface area contributed by atoms with Crippen molar-refractivity contribution in [1.82, 2.24) is 5.32 Å². The van der Waals surface area contributed by atoms with E-state index in [2.05, 4.69) is 19.2 Å². The lowest BCUT2D eigenvalue weighted by Crippen LogP contribution is -2.47. The highest BCUT2D eigenvalue weighted by atomic mass is 16.5. The third kappa shape index (κ3) is 2.73. The van der Waals surface area contributed by atoms with E-state index in [1.54, 1.807) is 0 Å². The third-order valence-electron chi connectivity index (χ3n) is 4.31. The molecule has 2 nitrogen and oxygen atoms in total. The van der Waals surface area contributed by atoms with E-state index in [0.29, 0.717) is 6.10 Å². The van der Waals surface area contributed by atoms with E-state index in [1.807, 2.05) is 7.11 Å². The molecule has 0 heterocycles. The van der Waals surface area contributed by atoms with Crippen molar-refractivity contribution >= 4 is 0 Å². The first-order valence-corrected chi connectivity index (χ1v) is 6.48. The maximum absolute atomic E-state index is 5.39. The smallest absolute Gasteiger partial charge is 0.0586 e. The molecule has 88 valence electrons. The topological polar surface area (TPSA) is 21.3 Å². The minimum absolute atomic E-state index is 0.517. The Morgan fingerprint density at radius 3 is 2.33 bits per heavy atom. The predicted octanol–water partition coefficient (Wildman–Crippen LogP) is 2.58. The van der Waals surface area contributed by atoms with Crippen LogP contribution in [-0.4, -0.2) is 25.3 Å². The van der Waals surface area contributed by atoms with Crippen molar-refractivity contribution in [1.29, 1.82) is 0 Å². The van der Waals surface area contributed by atoms with Gasteiger partial charge in [0, 0.05) is 19.2 Å². The highest BCUT2D eigenvalue weighted by molar-refractivity contribution is 4.91. The van der Waals surface area contributed by atoms with Crippen molar-refractivity contribution in [2.24, 2.45) is 11.8 Å². The summed E-state index contributed by atoms with van der Waals surface area (Å²) in [5.74, 6) is 1.85. The largest absolute Gasteiger partial charge is 0.381 e. The van der Waals surface area contributed by atoms with Crippen molar-refractivity contribution in [2.75, 3.05) is 7.11 Å². The van der Waals surface area contributed by atoms with Crippen LogP contribution in [0, 0.1) is 11.8 Å². The van der Waals surface area contributed by atoms with Gasteiger partial charge in [0.25, 0.3) is 0 Å². The second kappa shape index (κ2) is 4.84. The Bertz CT molecular complexity index is 199. The first-order valence-electron chi connectivity index (χ1n) is 6.48. The molecule has 0 aromatic carbocycles. The van der Waals surface area contributed by atoms with Crippen molar-refractivity contribution in [2.45, 2.75) is 64.1 Å². The molecule has 15 heavy (non-hydrogen) atoms. The molecule has 2 rings (SSSR count). The Morgan fingerprint density at radius 1 is 1.07 bits per heavy atom. The lowest BCUT2D eigenvalue weighted by atomic mass is 9.73. The van der Waals surface area contributed by atoms with Crippen LogP contribution in [0.5, 0.6) is 0 Å². The van der Waals surface area contributed by atoms with Gasteiger partial charge in [-0.15, -0.1) is 0 Å². The zero-order valence-corrected chi connectivity index (χ0v) is 10.3. The molecule has 2 unspecified atom stereocenters. The summed E-state index contributed by atoms with van der Waals surface area (Å²) >= 11 is 0. The fraction of sp³-hybridized carbons (Fsp3) is 1.00. The summed E-state index contributed by atoms with van der Waals surface area (Å²) in [4.78, 5) is 0. The summed E-state index contributed by atoms with van der Waals surface area (Å²) in [6.07, 6.45) is 7.08. The van der Waals surface area contributed by atoms with Gasteiger partial charge in [-0.05, 0) is 43.9 Å². The molecule has 2 aliphatic rings. The van der Waals surface area contributed by atoms with Crippen LogP contribution in [0.15, 0.2) is 0 Å². The third-order valence-corrected chi connectivity index (χ3v) is 4.31. The van der Waals surface area contributed by atoms with E-state index < -0.39 is 0 Å². The summed E-state index contributed by atoms with van der Waals surface area (Å²) < 4.78 is 5.39. The number of rotatable bonds is 4. The molecule has 0 aromatic heterocycles. The molecular weight excluding hydrogens is 186 g/mol. The van der Waals surface area contributed by atoms with Crippen molar-refractivity contribution in [3.63, 3.8) is 0 Å². The van der Waals surface area contributed by atoms with Gasteiger partial charge in [-0.3, -0.25) is 0 Å². The maximum Gasteiger partial charge on any atom is 0.0586 e. The van der Waals surface area contributed by atoms with E-state index in [1.165, 1.54) is 32.1 Å². The van der Waals surface area contributed by atoms with Crippen molar-refractivity contribution < 1.29 is 4.74 Å². The van der Waals surface area contributed by atoms with Crippen LogP contribution >= 0.6 is 0 Å². The van der Waals surface area contributed by atoms with Gasteiger partial charge < -0.3 is 10.1 Å². The van der Waals surface area contributed by atoms with Crippen LogP contribution in [0.1, 0.15) is 46.0 Å². The molecule has 0 aliphatic heterocycles. The quantitative estimate of drug-likeness (QED) is 0.771. The summed E-state index contributed by atoms with van der Waals surface area (Å²) in [7, 11) is 1.84. The molecule has 2 fully saturated rings. The van der Waals surface area contributed by atoms with Crippen LogP contribution in [0.2, 0.25) is 0 Å². The summed E-state index contributed by atoms with van der Waals surface area (Å²) in [5, 5.41) is 3.78. The normalized spacial score (nSPS) is 40.8. The van der Waals surface area contributed by atoms with Crippen LogP contribution < -0.4 is 5.32 Å². The highest BCUT2D eigenvalue weighted by Gasteiger charge is 2.34. The van der Waals surface area contributed by atoms with E-state index in [-0.39, 0.29) is 0 Å². The van der Waals surface area contributed by atoms with Gasteiger partial charge in [-0.25, -0.2) is 0 Å². The Labute approximate surface area is 93.8 Å². The first kappa shape index (κ1) is 11.4. The minimum Gasteiger partial charge on any atom is -0.381 e. The molecule has 1 N–H and O–H groups in total. The second-order valence-corrected chi connectivity index (χ2v) is 5.71. The molecule has 0 spiro atoms. The lowest BCUT2D eigenvalue weighted by Gasteiger charge is -2.40. The molecule has 0 radical (unpaired) electrons. The van der Waals surface area contributed by atoms with Gasteiger partial charge in [0.05, 0.1) is 6.10 Å². The van der Waals surface area contributed by atoms with Crippen molar-refractivity contribution in [3.8, 4) is 0 Å². The molecule has 2 saturated carbocycles. The Hall–Kier alpha value is -0.0800. The van der Waals surface area contributed by atoms with E-state index in [4.69, 9.17) is 4.74 Å². The molecule has 2 atom stereocenters. The van der Waals surface area contributed by atoms with E-state index in [9.17, 15) is 0 Å². The van der Waals surface area contributed by atoms with Gasteiger partial charge in [-0.2, -0.15) is 0 Å². The molecular formula is C13H25NO. The fourth-order valence-electron chi connectivity index (χ4n) is 2.98. The average molecular weight is 211 g/mol. The van der Waals surface area contributed by atoms with Crippen LogP contribution in [0.3, 0.4) is 0 Å². The monoisotopic (exact) mass is 211 g/mol. The standard InChI is InChI=1S/C13H25NO/c1-9(2)10-6-12(7-10)14-11-4-5-13(8-11)15-3/h9-14H,4-8H2,1-3H3. The number of ether oxygens (including phenoxy) is 1. The molecule has 0 aromatic rings. The van der Waals surface area contributed by atoms with Gasteiger partial charge >= 0.3 is 0 Å². The summed E-state index contributed by atoms with van der Waals surface area (Å²) in [6, 6.07) is 1.53. The Kier molecular flexibility index (Phi) is 3.68. The van der Waals surface area contributed by atoms with Gasteiger partial charge in [0.15, 0.2) is 0 Å². The highest BCUT2D eigenvalue weighted by Crippen LogP contribution is 2.35. The number of hydrogen-bond donors (Lipinski definition) is 1. The average Bonchev–Trinajstić information content (AvgIpc) is 2.57. The SMILES string of the molecule is COC1CCC(NC2CC(C(C)C)C2)C1. The summed E-state index contributed by atoms with van der Waals surface area (Å²) in [6.45, 7) is 4.69. The molecule has 0 bridgehead atoms. The molecule has 0 amide bonds. The van der Waals surface area contributed by atoms with Crippen LogP contribution in [0.4, 0.5) is 0 Å². The molecule has 2 heteroatoms. The van der Waals surface area contributed by atoms with Crippen LogP contribution in [0.25, 0.3) is 0 Å². The van der Waals surface area contributed by atoms with Crippen molar-refractivity contribution in [3.05, 3.63) is 0 Å². The molecule has 2 aliphatic carbocycles. The fourth-order valence-corrected chi connectivity index (χ4v) is 2.98. The van der Waals surface area contributed by atoms with Gasteiger partial charge in [-0.1, -0.05) is 13.8 Å². The second-order valence-electron chi connectivity index (χ2n) is 5.71. The summed E-state index contributed by atoms with van der Waals surface area (Å²) in [5.41, 5.74) is 0. The van der Waals surface area contributed by atoms with Gasteiger partial charge in [0.1, 0.15) is 0 Å². The predicted molar refractivity (Wildman–Crippen MR) is 62.9 cm³/mol. The first-order chi connectivity index (χ1) is 7.19. The van der Waals surface area contributed by atoms with E-state index in [0.717, 1.165) is 23.9 Å². The van der Waals surface area contributed by atoms with Crippen LogP contribution in [-0.2, 0) is 4.74 Å². The molecule has 0 saturated heterocycles. The number of nitrogens with one attached hydrogen (secondary N) is 1. The Balaban J connectivity index is 1.64. The Morgan fingerprint density at radius 2 is 1.80 bits per heavy atom.